The lowest BCUT2D eigenvalue weighted by Gasteiger charge is -2.54. The van der Waals surface area contributed by atoms with E-state index in [0.717, 1.165) is 33.5 Å². The van der Waals surface area contributed by atoms with Gasteiger partial charge in [-0.1, -0.05) is 60.2 Å². The van der Waals surface area contributed by atoms with Crippen molar-refractivity contribution in [2.24, 2.45) is 0 Å². The molecule has 12 heteroatoms. The highest BCUT2D eigenvalue weighted by Gasteiger charge is 2.50. The summed E-state index contributed by atoms with van der Waals surface area (Å²) >= 11 is 0. The summed E-state index contributed by atoms with van der Waals surface area (Å²) in [6.07, 6.45) is -0.440. The summed E-state index contributed by atoms with van der Waals surface area (Å²) in [5, 5.41) is 16.0. The minimum atomic E-state index is -0.817. The van der Waals surface area contributed by atoms with Crippen molar-refractivity contribution in [3.05, 3.63) is 94.5 Å². The smallest absolute Gasteiger partial charge is 0.334 e. The van der Waals surface area contributed by atoms with Crippen molar-refractivity contribution >= 4 is 50.5 Å². The van der Waals surface area contributed by atoms with Gasteiger partial charge in [0, 0.05) is 46.3 Å². The first-order valence-corrected chi connectivity index (χ1v) is 14.5. The van der Waals surface area contributed by atoms with Crippen LogP contribution >= 0.6 is 27.0 Å². The number of carbonyl (C=O) groups is 3. The lowest BCUT2D eigenvalue weighted by Crippen LogP contribution is -2.76. The molecule has 0 aliphatic carbocycles. The third-order valence-corrected chi connectivity index (χ3v) is 8.13. The molecule has 0 radical (unpaired) electrons. The number of phenolic OH excluding ortho intramolecular Hbond substituents is 1. The van der Waals surface area contributed by atoms with Crippen LogP contribution in [0.2, 0.25) is 0 Å². The normalized spacial score (nSPS) is 18.1. The zero-order valence-electron chi connectivity index (χ0n) is 26.4. The van der Waals surface area contributed by atoms with Crippen LogP contribution in [0.1, 0.15) is 27.8 Å². The van der Waals surface area contributed by atoms with Gasteiger partial charge < -0.3 is 25.1 Å². The molecular weight excluding hydrogens is 609 g/mol. The van der Waals surface area contributed by atoms with E-state index in [4.69, 9.17) is 0 Å². The number of hydrazine groups is 1. The van der Waals surface area contributed by atoms with Gasteiger partial charge in [0.1, 0.15) is 18.0 Å². The fraction of sp³-hybridized carbons (Fsp3) is 0.364. The first-order chi connectivity index (χ1) is 20.5. The summed E-state index contributed by atoms with van der Waals surface area (Å²) in [5.74, 6) is -0.256. The first kappa shape index (κ1) is 35.6. The molecule has 0 bridgehead atoms. The zero-order chi connectivity index (χ0) is 30.8. The summed E-state index contributed by atoms with van der Waals surface area (Å²) in [7, 11) is 5.70. The topological polar surface area (TPSA) is 99.7 Å². The van der Waals surface area contributed by atoms with Gasteiger partial charge in [-0.2, -0.15) is 27.0 Å². The van der Waals surface area contributed by atoms with Crippen molar-refractivity contribution in [2.45, 2.75) is 45.6 Å². The van der Waals surface area contributed by atoms with Crippen molar-refractivity contribution in [1.82, 2.24) is 25.1 Å². The number of urea groups is 1. The summed E-state index contributed by atoms with van der Waals surface area (Å²) in [6, 6.07) is 19.4. The number of anilines is 1. The average molecular weight is 653 g/mol. The third-order valence-electron chi connectivity index (χ3n) is 8.13. The highest BCUT2D eigenvalue weighted by atomic mass is 32.1. The predicted octanol–water partition coefficient (Wildman–Crippen LogP) is 3.48. The number of fused-ring (bicyclic) bond motifs is 1. The van der Waals surface area contributed by atoms with Crippen LogP contribution < -0.4 is 10.2 Å². The number of piperazine rings is 1. The summed E-state index contributed by atoms with van der Waals surface area (Å²) in [5.41, 5.74) is 6.03. The molecule has 2 atom stereocenters. The van der Waals surface area contributed by atoms with Crippen LogP contribution in [0.4, 0.5) is 10.5 Å². The van der Waals surface area contributed by atoms with Crippen LogP contribution in [0.25, 0.3) is 0 Å². The average Bonchev–Trinajstić information content (AvgIpc) is 2.95. The molecule has 2 heterocycles. The number of hydrogen-bond acceptors (Lipinski definition) is 6. The second-order valence-electron chi connectivity index (χ2n) is 11.7. The second kappa shape index (κ2) is 14.9. The largest absolute Gasteiger partial charge is 0.508 e. The number of nitrogens with zero attached hydrogens (tertiary/aromatic N) is 5. The van der Waals surface area contributed by atoms with Gasteiger partial charge in [-0.05, 0) is 48.2 Å². The van der Waals surface area contributed by atoms with Crippen molar-refractivity contribution < 1.29 is 19.5 Å². The maximum atomic E-state index is 14.3. The lowest BCUT2D eigenvalue weighted by molar-refractivity contribution is -0.187. The Morgan fingerprint density at radius 2 is 1.64 bits per heavy atom. The molecule has 2 fully saturated rings. The number of phenols is 1. The number of likely N-dealkylation sites (N-methyl/N-ethyl adjacent to an activating group) is 1. The standard InChI is InChI=1S/C33H40N6O4.2H2S/c1-22-15-23(2)31(35(3)4)26(16-22)19-37-20-29-38(28(32(37)42)17-24-11-13-27(40)14-12-24)30(41)21-36(5)39(29)33(43)34-18-25-9-7-6-8-10-25;;/h6-16,28-29,40H,17-21H2,1-5H3,(H,34,43);2*1H2/t28-,29-;;/m0../s1. The SMILES string of the molecule is Cc1cc(C)c(N(C)C)c(CN2C[C@H]3N(C(=O)CN(C)N3C(=O)NCc3ccccc3)[C@@H](Cc3ccc(O)cc3)C2=O)c1.S.S. The molecule has 3 aromatic carbocycles. The van der Waals surface area contributed by atoms with Gasteiger partial charge in [-0.25, -0.2) is 14.8 Å². The quantitative estimate of drug-likeness (QED) is 0.406. The van der Waals surface area contributed by atoms with Crippen LogP contribution in [0.5, 0.6) is 5.75 Å². The predicted molar refractivity (Wildman–Crippen MR) is 186 cm³/mol. The molecule has 2 saturated heterocycles. The number of amides is 4. The summed E-state index contributed by atoms with van der Waals surface area (Å²) < 4.78 is 0. The maximum absolute atomic E-state index is 14.3. The fourth-order valence-corrected chi connectivity index (χ4v) is 6.37. The number of aromatic hydroxyl groups is 1. The Bertz CT molecular complexity index is 1510. The lowest BCUT2D eigenvalue weighted by atomic mass is 9.97. The number of hydrogen-bond donors (Lipinski definition) is 2. The van der Waals surface area contributed by atoms with Gasteiger partial charge in [0.15, 0.2) is 0 Å². The van der Waals surface area contributed by atoms with Gasteiger partial charge in [0.25, 0.3) is 0 Å². The molecule has 0 aromatic heterocycles. The minimum Gasteiger partial charge on any atom is -0.508 e. The highest BCUT2D eigenvalue weighted by Crippen LogP contribution is 2.32. The van der Waals surface area contributed by atoms with Gasteiger partial charge in [-0.15, -0.1) is 0 Å². The Morgan fingerprint density at radius 1 is 0.978 bits per heavy atom. The molecule has 0 unspecified atom stereocenters. The Balaban J connectivity index is 0.00000276. The van der Waals surface area contributed by atoms with E-state index in [9.17, 15) is 19.5 Å². The Morgan fingerprint density at radius 3 is 2.29 bits per heavy atom. The Kier molecular flexibility index (Phi) is 11.8. The molecule has 3 aromatic rings. The molecule has 4 amide bonds. The summed E-state index contributed by atoms with van der Waals surface area (Å²) in [4.78, 5) is 47.0. The van der Waals surface area contributed by atoms with E-state index in [1.165, 1.54) is 0 Å². The van der Waals surface area contributed by atoms with E-state index in [0.29, 0.717) is 13.1 Å². The van der Waals surface area contributed by atoms with E-state index < -0.39 is 12.2 Å². The van der Waals surface area contributed by atoms with E-state index in [-0.39, 0.29) is 70.1 Å². The minimum absolute atomic E-state index is 0. The molecule has 2 aliphatic heterocycles. The van der Waals surface area contributed by atoms with Crippen molar-refractivity contribution in [3.8, 4) is 5.75 Å². The molecule has 5 rings (SSSR count). The zero-order valence-corrected chi connectivity index (χ0v) is 28.4. The van der Waals surface area contributed by atoms with Crippen LogP contribution in [-0.4, -0.2) is 89.2 Å². The van der Waals surface area contributed by atoms with E-state index >= 15 is 0 Å². The molecule has 2 aliphatic rings. The number of rotatable bonds is 7. The first-order valence-electron chi connectivity index (χ1n) is 14.5. The van der Waals surface area contributed by atoms with Gasteiger partial charge in [-0.3, -0.25) is 9.59 Å². The van der Waals surface area contributed by atoms with Gasteiger partial charge in [0.05, 0.1) is 13.1 Å². The van der Waals surface area contributed by atoms with E-state index in [1.807, 2.05) is 51.4 Å². The summed E-state index contributed by atoms with van der Waals surface area (Å²) in [6.45, 7) is 4.90. The third kappa shape index (κ3) is 7.69. The monoisotopic (exact) mass is 652 g/mol. The number of aryl methyl sites for hydroxylation is 2. The van der Waals surface area contributed by atoms with Crippen molar-refractivity contribution in [1.29, 1.82) is 0 Å². The van der Waals surface area contributed by atoms with Crippen LogP contribution in [-0.2, 0) is 29.1 Å². The highest BCUT2D eigenvalue weighted by molar-refractivity contribution is 7.59. The van der Waals surface area contributed by atoms with Crippen molar-refractivity contribution in [3.63, 3.8) is 0 Å². The Hall–Kier alpha value is -3.87. The second-order valence-corrected chi connectivity index (χ2v) is 11.7. The fourth-order valence-electron chi connectivity index (χ4n) is 6.37. The van der Waals surface area contributed by atoms with Gasteiger partial charge in [0.2, 0.25) is 11.8 Å². The van der Waals surface area contributed by atoms with E-state index in [1.54, 1.807) is 51.1 Å². The molecule has 0 saturated carbocycles. The molecule has 2 N–H and O–H groups in total. The molecule has 0 spiro atoms. The van der Waals surface area contributed by atoms with Crippen LogP contribution in [0, 0.1) is 13.8 Å². The molecule has 242 valence electrons. The van der Waals surface area contributed by atoms with Crippen LogP contribution in [0.3, 0.4) is 0 Å². The van der Waals surface area contributed by atoms with Crippen LogP contribution in [0.15, 0.2) is 66.7 Å². The number of carbonyl (C=O) groups excluding carboxylic acids is 3. The van der Waals surface area contributed by atoms with Gasteiger partial charge >= 0.3 is 6.03 Å². The van der Waals surface area contributed by atoms with E-state index in [2.05, 4.69) is 29.3 Å². The Labute approximate surface area is 279 Å². The molecule has 45 heavy (non-hydrogen) atoms. The number of nitrogens with one attached hydrogen (secondary N) is 1. The number of benzene rings is 3. The molecular formula is C33H44N6O4S2. The van der Waals surface area contributed by atoms with Crippen molar-refractivity contribution in [2.75, 3.05) is 39.1 Å². The maximum Gasteiger partial charge on any atom is 0.334 e. The molecule has 10 nitrogen and oxygen atoms in total.